The number of aromatic amines is 1. The molecule has 2 N–H and O–H groups in total. The van der Waals surface area contributed by atoms with Crippen molar-refractivity contribution in [1.82, 2.24) is 24.6 Å². The number of nitrogens with zero attached hydrogens (tertiary/aromatic N) is 4. The molecule has 8 nitrogen and oxygen atoms in total. The molecule has 192 valence electrons. The Morgan fingerprint density at radius 2 is 1.81 bits per heavy atom. The van der Waals surface area contributed by atoms with Crippen LogP contribution in [0.1, 0.15) is 43.5 Å². The van der Waals surface area contributed by atoms with Gasteiger partial charge in [-0.05, 0) is 75.3 Å². The van der Waals surface area contributed by atoms with E-state index in [0.717, 1.165) is 27.9 Å². The number of H-pyrrole nitrogens is 1. The number of benzene rings is 2. The summed E-state index contributed by atoms with van der Waals surface area (Å²) in [5.41, 5.74) is 3.71. The van der Waals surface area contributed by atoms with Gasteiger partial charge in [-0.1, -0.05) is 24.3 Å². The summed E-state index contributed by atoms with van der Waals surface area (Å²) in [6.45, 7) is 6.82. The van der Waals surface area contributed by atoms with Gasteiger partial charge in [-0.3, -0.25) is 0 Å². The third-order valence-corrected chi connectivity index (χ3v) is 7.30. The predicted molar refractivity (Wildman–Crippen MR) is 136 cm³/mol. The number of amides is 1. The first-order valence-corrected chi connectivity index (χ1v) is 12.7. The molecule has 2 aromatic heterocycles. The second-order valence-electron chi connectivity index (χ2n) is 11.0. The number of fused-ring (bicyclic) bond motifs is 2. The van der Waals surface area contributed by atoms with Gasteiger partial charge in [-0.15, -0.1) is 0 Å². The van der Waals surface area contributed by atoms with Crippen molar-refractivity contribution < 1.29 is 19.0 Å². The molecule has 3 atom stereocenters. The molecule has 2 aromatic carbocycles. The molecule has 3 heterocycles. The van der Waals surface area contributed by atoms with E-state index >= 15 is 0 Å². The van der Waals surface area contributed by atoms with Gasteiger partial charge < -0.3 is 19.7 Å². The average molecular weight is 504 g/mol. The number of aryl methyl sites for hydroxylation is 1. The third kappa shape index (κ3) is 4.43. The Morgan fingerprint density at radius 1 is 1.11 bits per heavy atom. The van der Waals surface area contributed by atoms with Gasteiger partial charge in [-0.2, -0.15) is 9.78 Å². The maximum atomic E-state index is 13.4. The summed E-state index contributed by atoms with van der Waals surface area (Å²) in [6.07, 6.45) is 0.906. The minimum Gasteiger partial charge on any atom is -0.493 e. The van der Waals surface area contributed by atoms with E-state index in [1.807, 2.05) is 45.0 Å². The maximum absolute atomic E-state index is 13.4. The van der Waals surface area contributed by atoms with E-state index in [0.29, 0.717) is 31.9 Å². The summed E-state index contributed by atoms with van der Waals surface area (Å²) in [5, 5.41) is 16.2. The molecule has 1 aliphatic heterocycles. The highest BCUT2D eigenvalue weighted by Crippen LogP contribution is 2.59. The summed E-state index contributed by atoms with van der Waals surface area (Å²) in [4.78, 5) is 22.2. The second-order valence-corrected chi connectivity index (χ2v) is 11.0. The average Bonchev–Trinajstić information content (AvgIpc) is 3.20. The van der Waals surface area contributed by atoms with E-state index in [-0.39, 0.29) is 35.5 Å². The summed E-state index contributed by atoms with van der Waals surface area (Å²) in [6, 6.07) is 14.1. The van der Waals surface area contributed by atoms with Crippen LogP contribution in [-0.2, 0) is 17.6 Å². The third-order valence-electron chi connectivity index (χ3n) is 7.30. The number of hydrogen-bond donors (Lipinski definition) is 2. The minimum atomic E-state index is -0.534. The van der Waals surface area contributed by atoms with Gasteiger partial charge >= 0.3 is 6.09 Å². The van der Waals surface area contributed by atoms with Crippen LogP contribution >= 0.6 is 0 Å². The summed E-state index contributed by atoms with van der Waals surface area (Å²) in [5.74, 6) is 0.939. The number of carbonyl (C=O) groups excluding carboxylic acids is 1. The van der Waals surface area contributed by atoms with Crippen molar-refractivity contribution in [2.24, 2.45) is 11.8 Å². The van der Waals surface area contributed by atoms with E-state index < -0.39 is 5.60 Å². The predicted octanol–water partition coefficient (Wildman–Crippen LogP) is 4.96. The number of aromatic nitrogens is 4. The largest absolute Gasteiger partial charge is 0.493 e. The first-order valence-electron chi connectivity index (χ1n) is 12.7. The Bertz CT molecular complexity index is 1420. The molecule has 9 heteroatoms. The Hall–Kier alpha value is -3.88. The van der Waals surface area contributed by atoms with Gasteiger partial charge in [0.15, 0.2) is 0 Å². The van der Waals surface area contributed by atoms with Crippen LogP contribution in [0.5, 0.6) is 5.88 Å². The van der Waals surface area contributed by atoms with Gasteiger partial charge in [-0.25, -0.2) is 14.2 Å². The molecule has 37 heavy (non-hydrogen) atoms. The van der Waals surface area contributed by atoms with E-state index in [1.165, 1.54) is 16.8 Å². The van der Waals surface area contributed by atoms with Gasteiger partial charge in [0.25, 0.3) is 0 Å². The van der Waals surface area contributed by atoms with Crippen LogP contribution in [0.4, 0.5) is 9.18 Å². The lowest BCUT2D eigenvalue weighted by atomic mass is 10.0. The fraction of sp³-hybridized carbons (Fsp3) is 0.393. The number of aromatic hydroxyl groups is 1. The zero-order valence-electron chi connectivity index (χ0n) is 21.1. The molecule has 2 fully saturated rings. The first-order chi connectivity index (χ1) is 17.7. The summed E-state index contributed by atoms with van der Waals surface area (Å²) < 4.78 is 20.4. The van der Waals surface area contributed by atoms with E-state index in [2.05, 4.69) is 9.97 Å². The molecular weight excluding hydrogens is 473 g/mol. The van der Waals surface area contributed by atoms with E-state index in [1.54, 1.807) is 17.0 Å². The van der Waals surface area contributed by atoms with Crippen molar-refractivity contribution in [2.45, 2.75) is 45.1 Å². The number of ether oxygens (including phenoxy) is 1. The number of likely N-dealkylation sites (tertiary alicyclic amines) is 1. The highest BCUT2D eigenvalue weighted by atomic mass is 19.1. The van der Waals surface area contributed by atoms with Crippen LogP contribution in [0.25, 0.3) is 17.0 Å². The van der Waals surface area contributed by atoms with Crippen molar-refractivity contribution >= 4 is 17.1 Å². The van der Waals surface area contributed by atoms with Crippen molar-refractivity contribution in [3.63, 3.8) is 0 Å². The number of hydrogen-bond acceptors (Lipinski definition) is 5. The second kappa shape index (κ2) is 8.61. The fourth-order valence-corrected chi connectivity index (χ4v) is 5.48. The highest BCUT2D eigenvalue weighted by molar-refractivity contribution is 5.76. The van der Waals surface area contributed by atoms with Crippen molar-refractivity contribution in [3.05, 3.63) is 71.2 Å². The topological polar surface area (TPSA) is 96.3 Å². The normalized spacial score (nSPS) is 20.9. The zero-order chi connectivity index (χ0) is 25.9. The van der Waals surface area contributed by atoms with E-state index in [9.17, 15) is 14.3 Å². The Kier molecular flexibility index (Phi) is 5.47. The van der Waals surface area contributed by atoms with E-state index in [4.69, 9.17) is 9.84 Å². The molecule has 0 unspecified atom stereocenters. The molecule has 0 spiro atoms. The number of nitrogens with one attached hydrogen (secondary N) is 1. The van der Waals surface area contributed by atoms with Crippen molar-refractivity contribution in [2.75, 3.05) is 13.1 Å². The lowest BCUT2D eigenvalue weighted by molar-refractivity contribution is 0.0270. The maximum Gasteiger partial charge on any atom is 0.410 e. The molecule has 0 radical (unpaired) electrons. The summed E-state index contributed by atoms with van der Waals surface area (Å²) >= 11 is 0. The van der Waals surface area contributed by atoms with Crippen LogP contribution in [0.15, 0.2) is 48.5 Å². The summed E-state index contributed by atoms with van der Waals surface area (Å²) in [7, 11) is 0. The molecule has 1 aliphatic carbocycles. The molecule has 0 bridgehead atoms. The number of para-hydroxylation sites is 2. The van der Waals surface area contributed by atoms with Crippen molar-refractivity contribution in [3.8, 4) is 11.8 Å². The number of piperidine rings is 1. The highest BCUT2D eigenvalue weighted by Gasteiger charge is 2.59. The van der Waals surface area contributed by atoms with Crippen molar-refractivity contribution in [1.29, 1.82) is 0 Å². The van der Waals surface area contributed by atoms with Gasteiger partial charge in [0.2, 0.25) is 11.8 Å². The molecular formula is C28H30FN5O3. The smallest absolute Gasteiger partial charge is 0.410 e. The Balaban J connectivity index is 1.28. The minimum absolute atomic E-state index is 0.0603. The first kappa shape index (κ1) is 23.5. The van der Waals surface area contributed by atoms with Gasteiger partial charge in [0.1, 0.15) is 11.4 Å². The van der Waals surface area contributed by atoms with Crippen LogP contribution in [0.2, 0.25) is 0 Å². The molecule has 1 saturated heterocycles. The Labute approximate surface area is 214 Å². The number of halogens is 1. The number of rotatable bonds is 5. The standard InChI is InChI=1S/C28H30FN5O3/c1-28(2,3)37-27(36)33-14-19-20(15-33)23(19)24-18(13-10-16-8-11-17(29)12-9-16)25(35)34(32-24)26-30-21-6-4-5-7-22(21)31-26/h4-9,11-12,19-20,23,35H,10,13-15H2,1-3H3,(H,30,31)/t19-,20+,23+. The monoisotopic (exact) mass is 503 g/mol. The van der Waals surface area contributed by atoms with Crippen LogP contribution in [0, 0.1) is 17.7 Å². The lowest BCUT2D eigenvalue weighted by Gasteiger charge is -2.25. The Morgan fingerprint density at radius 3 is 2.49 bits per heavy atom. The van der Waals surface area contributed by atoms with Crippen LogP contribution in [-0.4, -0.2) is 54.5 Å². The number of carbonyl (C=O) groups is 1. The van der Waals surface area contributed by atoms with Crippen LogP contribution < -0.4 is 0 Å². The fourth-order valence-electron chi connectivity index (χ4n) is 5.48. The molecule has 1 saturated carbocycles. The SMILES string of the molecule is CC(C)(C)OC(=O)N1C[C@@H]2[C@H](C1)[C@H]2c1nn(-c2nc3ccccc3[nH]2)c(O)c1CCc1ccc(F)cc1. The van der Waals surface area contributed by atoms with Gasteiger partial charge in [0.05, 0.1) is 16.7 Å². The molecule has 6 rings (SSSR count). The number of imidazole rings is 1. The molecule has 4 aromatic rings. The zero-order valence-corrected chi connectivity index (χ0v) is 21.1. The lowest BCUT2D eigenvalue weighted by Crippen LogP contribution is -2.37. The molecule has 1 amide bonds. The molecule has 2 aliphatic rings. The quantitative estimate of drug-likeness (QED) is 0.401. The van der Waals surface area contributed by atoms with Gasteiger partial charge in [0, 0.05) is 24.6 Å². The van der Waals surface area contributed by atoms with Crippen LogP contribution in [0.3, 0.4) is 0 Å².